The van der Waals surface area contributed by atoms with Gasteiger partial charge in [-0.3, -0.25) is 9.59 Å². The van der Waals surface area contributed by atoms with Crippen LogP contribution in [0.25, 0.3) is 0 Å². The predicted molar refractivity (Wildman–Crippen MR) is 64.9 cm³/mol. The second kappa shape index (κ2) is 6.64. The highest BCUT2D eigenvalue weighted by molar-refractivity contribution is 5.96. The summed E-state index contributed by atoms with van der Waals surface area (Å²) in [5, 5.41) is 0. The highest BCUT2D eigenvalue weighted by atomic mass is 16.5. The van der Waals surface area contributed by atoms with E-state index in [1.807, 2.05) is 0 Å². The molecule has 0 bridgehead atoms. The van der Waals surface area contributed by atoms with E-state index in [1.54, 1.807) is 25.3 Å². The molecule has 1 aromatic rings. The number of ketones is 1. The number of carbonyl (C=O) groups excluding carboxylic acids is 2. The zero-order valence-corrected chi connectivity index (χ0v) is 10.7. The summed E-state index contributed by atoms with van der Waals surface area (Å²) in [5.74, 6) is 0.459. The molecule has 1 rings (SSSR count). The van der Waals surface area contributed by atoms with E-state index in [2.05, 4.69) is 4.74 Å². The fourth-order valence-corrected chi connectivity index (χ4v) is 1.53. The summed E-state index contributed by atoms with van der Waals surface area (Å²) in [7, 11) is 4.32. The number of esters is 1. The molecule has 0 N–H and O–H groups in total. The van der Waals surface area contributed by atoms with Gasteiger partial charge in [0.2, 0.25) is 0 Å². The highest BCUT2D eigenvalue weighted by Gasteiger charge is 2.13. The molecule has 0 fully saturated rings. The Labute approximate surface area is 106 Å². The van der Waals surface area contributed by atoms with Crippen molar-refractivity contribution >= 4 is 11.8 Å². The second-order valence-electron chi connectivity index (χ2n) is 3.65. The Morgan fingerprint density at radius 1 is 1.11 bits per heavy atom. The van der Waals surface area contributed by atoms with Gasteiger partial charge >= 0.3 is 5.97 Å². The van der Waals surface area contributed by atoms with Crippen molar-refractivity contribution in [2.45, 2.75) is 12.8 Å². The first-order chi connectivity index (χ1) is 8.60. The number of hydrogen-bond acceptors (Lipinski definition) is 5. The molecule has 0 atom stereocenters. The highest BCUT2D eigenvalue weighted by Crippen LogP contribution is 2.24. The molecule has 1 aromatic carbocycles. The van der Waals surface area contributed by atoms with Gasteiger partial charge in [0.1, 0.15) is 23.7 Å². The van der Waals surface area contributed by atoms with Crippen LogP contribution in [0.1, 0.15) is 12.0 Å². The molecule has 5 nitrogen and oxygen atoms in total. The lowest BCUT2D eigenvalue weighted by molar-refractivity contribution is -0.143. The zero-order chi connectivity index (χ0) is 13.5. The van der Waals surface area contributed by atoms with Crippen LogP contribution in [0.15, 0.2) is 18.2 Å². The Morgan fingerprint density at radius 3 is 2.39 bits per heavy atom. The van der Waals surface area contributed by atoms with Gasteiger partial charge < -0.3 is 14.2 Å². The molecule has 0 heterocycles. The van der Waals surface area contributed by atoms with Crippen LogP contribution in [0.4, 0.5) is 0 Å². The first-order valence-corrected chi connectivity index (χ1v) is 5.40. The number of ether oxygens (including phenoxy) is 3. The van der Waals surface area contributed by atoms with E-state index in [1.165, 1.54) is 14.2 Å². The molecule has 0 aliphatic heterocycles. The molecule has 0 amide bonds. The van der Waals surface area contributed by atoms with E-state index in [9.17, 15) is 9.59 Å². The molecule has 0 saturated heterocycles. The van der Waals surface area contributed by atoms with Gasteiger partial charge in [-0.15, -0.1) is 0 Å². The monoisotopic (exact) mass is 252 g/mol. The molecule has 0 aliphatic rings. The number of carbonyl (C=O) groups is 2. The van der Waals surface area contributed by atoms with Crippen molar-refractivity contribution in [2.75, 3.05) is 21.3 Å². The average Bonchev–Trinajstić information content (AvgIpc) is 2.38. The van der Waals surface area contributed by atoms with Gasteiger partial charge in [-0.05, 0) is 18.2 Å². The lowest BCUT2D eigenvalue weighted by Crippen LogP contribution is -2.12. The van der Waals surface area contributed by atoms with Crippen molar-refractivity contribution in [3.05, 3.63) is 23.8 Å². The maximum atomic E-state index is 11.7. The minimum atomic E-state index is -0.540. The molecule has 98 valence electrons. The quantitative estimate of drug-likeness (QED) is 0.565. The Hall–Kier alpha value is -2.04. The molecular formula is C13H16O5. The summed E-state index contributed by atoms with van der Waals surface area (Å²) in [6.45, 7) is 0. The molecule has 0 aliphatic carbocycles. The number of benzene rings is 1. The maximum Gasteiger partial charge on any atom is 0.313 e. The molecule has 0 unspecified atom stereocenters. The molecule has 0 saturated carbocycles. The third-order valence-electron chi connectivity index (χ3n) is 2.44. The minimum Gasteiger partial charge on any atom is -0.497 e. The fraction of sp³-hybridized carbons (Fsp3) is 0.385. The van der Waals surface area contributed by atoms with Crippen molar-refractivity contribution in [2.24, 2.45) is 0 Å². The maximum absolute atomic E-state index is 11.7. The van der Waals surface area contributed by atoms with Crippen LogP contribution in [0.5, 0.6) is 11.5 Å². The third kappa shape index (κ3) is 3.76. The Balaban J connectivity index is 2.81. The van der Waals surface area contributed by atoms with Crippen molar-refractivity contribution in [1.82, 2.24) is 0 Å². The summed E-state index contributed by atoms with van der Waals surface area (Å²) in [6.07, 6.45) is -0.133. The molecule has 0 spiro atoms. The Kier molecular flexibility index (Phi) is 5.17. The average molecular weight is 252 g/mol. The van der Waals surface area contributed by atoms with E-state index in [4.69, 9.17) is 9.47 Å². The molecule has 0 radical (unpaired) electrons. The first kappa shape index (κ1) is 14.0. The second-order valence-corrected chi connectivity index (χ2v) is 3.65. The molecule has 0 aromatic heterocycles. The summed E-state index contributed by atoms with van der Waals surface area (Å²) in [4.78, 5) is 22.6. The summed E-state index contributed by atoms with van der Waals surface area (Å²) in [6, 6.07) is 5.18. The Bertz CT molecular complexity index is 439. The van der Waals surface area contributed by atoms with Gasteiger partial charge in [-0.25, -0.2) is 0 Å². The lowest BCUT2D eigenvalue weighted by Gasteiger charge is -2.09. The fourth-order valence-electron chi connectivity index (χ4n) is 1.53. The lowest BCUT2D eigenvalue weighted by atomic mass is 10.1. The van der Waals surface area contributed by atoms with Gasteiger partial charge in [0.15, 0.2) is 0 Å². The van der Waals surface area contributed by atoms with Crippen molar-refractivity contribution < 1.29 is 23.8 Å². The van der Waals surface area contributed by atoms with Crippen molar-refractivity contribution in [1.29, 1.82) is 0 Å². The molecule has 5 heteroatoms. The van der Waals surface area contributed by atoms with Crippen LogP contribution in [0.3, 0.4) is 0 Å². The number of hydrogen-bond donors (Lipinski definition) is 0. The third-order valence-corrected chi connectivity index (χ3v) is 2.44. The smallest absolute Gasteiger partial charge is 0.313 e. The summed E-state index contributed by atoms with van der Waals surface area (Å²) < 4.78 is 14.7. The normalized spacial score (nSPS) is 9.72. The van der Waals surface area contributed by atoms with Crippen LogP contribution >= 0.6 is 0 Å². The molecular weight excluding hydrogens is 236 g/mol. The molecule has 18 heavy (non-hydrogen) atoms. The van der Waals surface area contributed by atoms with Crippen molar-refractivity contribution in [3.63, 3.8) is 0 Å². The number of methoxy groups -OCH3 is 3. The standard InChI is InChI=1S/C13H16O5/c1-16-11-4-5-12(17-2)9(7-11)6-10(14)8-13(15)18-3/h4-5,7H,6,8H2,1-3H3. The van der Waals surface area contributed by atoms with Gasteiger partial charge in [0, 0.05) is 12.0 Å². The van der Waals surface area contributed by atoms with Crippen LogP contribution in [0.2, 0.25) is 0 Å². The minimum absolute atomic E-state index is 0.107. The first-order valence-electron chi connectivity index (χ1n) is 5.40. The number of rotatable bonds is 6. The largest absolute Gasteiger partial charge is 0.497 e. The van der Waals surface area contributed by atoms with Crippen LogP contribution < -0.4 is 9.47 Å². The summed E-state index contributed by atoms with van der Waals surface area (Å²) >= 11 is 0. The van der Waals surface area contributed by atoms with Gasteiger partial charge in [-0.1, -0.05) is 0 Å². The van der Waals surface area contributed by atoms with Gasteiger partial charge in [-0.2, -0.15) is 0 Å². The van der Waals surface area contributed by atoms with Crippen LogP contribution in [-0.2, 0) is 20.7 Å². The predicted octanol–water partition coefficient (Wildman–Crippen LogP) is 1.38. The SMILES string of the molecule is COC(=O)CC(=O)Cc1cc(OC)ccc1OC. The Morgan fingerprint density at radius 2 is 1.83 bits per heavy atom. The van der Waals surface area contributed by atoms with E-state index in [0.29, 0.717) is 17.1 Å². The van der Waals surface area contributed by atoms with E-state index < -0.39 is 5.97 Å². The topological polar surface area (TPSA) is 61.8 Å². The zero-order valence-electron chi connectivity index (χ0n) is 10.7. The van der Waals surface area contributed by atoms with Gasteiger partial charge in [0.05, 0.1) is 21.3 Å². The van der Waals surface area contributed by atoms with Gasteiger partial charge in [0.25, 0.3) is 0 Å². The number of Topliss-reactive ketones (excluding diaryl/α,β-unsaturated/α-hetero) is 1. The summed E-state index contributed by atoms with van der Waals surface area (Å²) in [5.41, 5.74) is 0.686. The van der Waals surface area contributed by atoms with E-state index >= 15 is 0 Å². The van der Waals surface area contributed by atoms with Crippen LogP contribution in [0, 0.1) is 0 Å². The van der Waals surface area contributed by atoms with E-state index in [-0.39, 0.29) is 18.6 Å². The van der Waals surface area contributed by atoms with E-state index in [0.717, 1.165) is 0 Å². The van der Waals surface area contributed by atoms with Crippen LogP contribution in [-0.4, -0.2) is 33.1 Å². The van der Waals surface area contributed by atoms with Crippen molar-refractivity contribution in [3.8, 4) is 11.5 Å².